The molecule has 6 nitrogen and oxygen atoms in total. The van der Waals surface area contributed by atoms with Crippen molar-refractivity contribution < 1.29 is 13.2 Å². The predicted molar refractivity (Wildman–Crippen MR) is 91.4 cm³/mol. The minimum atomic E-state index is -3.20. The standard InChI is InChI=1S/C16H31N3O3S/c1-18(23(21,22)14-8-3-2-4-9-14)11-7-10-15(17)16(20)19-12-5-6-13-19/h14-15H,2-13,17H2,1H3. The fourth-order valence-corrected chi connectivity index (χ4v) is 5.40. The molecule has 0 bridgehead atoms. The summed E-state index contributed by atoms with van der Waals surface area (Å²) >= 11 is 0. The fourth-order valence-electron chi connectivity index (χ4n) is 3.57. The van der Waals surface area contributed by atoms with Gasteiger partial charge in [0.1, 0.15) is 0 Å². The molecular formula is C16H31N3O3S. The minimum Gasteiger partial charge on any atom is -0.341 e. The second-order valence-electron chi connectivity index (χ2n) is 6.91. The summed E-state index contributed by atoms with van der Waals surface area (Å²) in [5.41, 5.74) is 5.98. The van der Waals surface area contributed by atoms with Crippen molar-refractivity contribution in [2.24, 2.45) is 5.73 Å². The average Bonchev–Trinajstić information content (AvgIpc) is 3.09. The van der Waals surface area contributed by atoms with Crippen molar-refractivity contribution in [2.75, 3.05) is 26.7 Å². The lowest BCUT2D eigenvalue weighted by Crippen LogP contribution is -2.43. The zero-order valence-electron chi connectivity index (χ0n) is 14.2. The van der Waals surface area contributed by atoms with E-state index in [4.69, 9.17) is 5.73 Å². The van der Waals surface area contributed by atoms with Crippen LogP contribution in [0.25, 0.3) is 0 Å². The summed E-state index contributed by atoms with van der Waals surface area (Å²) < 4.78 is 26.5. The van der Waals surface area contributed by atoms with Gasteiger partial charge in [0.15, 0.2) is 0 Å². The predicted octanol–water partition coefficient (Wildman–Crippen LogP) is 1.31. The molecule has 1 aliphatic heterocycles. The molecular weight excluding hydrogens is 314 g/mol. The number of rotatable bonds is 7. The zero-order chi connectivity index (χ0) is 16.9. The van der Waals surface area contributed by atoms with Crippen LogP contribution in [0.5, 0.6) is 0 Å². The van der Waals surface area contributed by atoms with Crippen LogP contribution in [-0.2, 0) is 14.8 Å². The summed E-state index contributed by atoms with van der Waals surface area (Å²) in [6, 6.07) is -0.501. The first kappa shape index (κ1) is 18.7. The Hall–Kier alpha value is -0.660. The Morgan fingerprint density at radius 3 is 2.39 bits per heavy atom. The Balaban J connectivity index is 1.74. The molecule has 2 fully saturated rings. The number of carbonyl (C=O) groups is 1. The minimum absolute atomic E-state index is 0.0142. The van der Waals surface area contributed by atoms with Crippen molar-refractivity contribution in [3.05, 3.63) is 0 Å². The second kappa shape index (κ2) is 8.44. The van der Waals surface area contributed by atoms with E-state index in [0.717, 1.165) is 58.0 Å². The molecule has 0 aromatic heterocycles. The highest BCUT2D eigenvalue weighted by molar-refractivity contribution is 7.89. The topological polar surface area (TPSA) is 83.7 Å². The molecule has 1 unspecified atom stereocenters. The Kier molecular flexibility index (Phi) is 6.85. The molecule has 1 amide bonds. The van der Waals surface area contributed by atoms with Gasteiger partial charge >= 0.3 is 0 Å². The van der Waals surface area contributed by atoms with Gasteiger partial charge in [-0.05, 0) is 38.5 Å². The summed E-state index contributed by atoms with van der Waals surface area (Å²) in [7, 11) is -1.55. The summed E-state index contributed by atoms with van der Waals surface area (Å²) in [6.45, 7) is 2.06. The maximum atomic E-state index is 12.5. The Morgan fingerprint density at radius 2 is 1.78 bits per heavy atom. The van der Waals surface area contributed by atoms with Crippen molar-refractivity contribution in [3.63, 3.8) is 0 Å². The van der Waals surface area contributed by atoms with Crippen molar-refractivity contribution in [1.82, 2.24) is 9.21 Å². The Morgan fingerprint density at radius 1 is 1.17 bits per heavy atom. The third kappa shape index (κ3) is 4.90. The van der Waals surface area contributed by atoms with E-state index in [1.165, 1.54) is 4.31 Å². The number of hydrogen-bond acceptors (Lipinski definition) is 4. The number of amides is 1. The van der Waals surface area contributed by atoms with E-state index in [-0.39, 0.29) is 11.2 Å². The summed E-state index contributed by atoms with van der Waals surface area (Å²) in [6.07, 6.45) is 7.99. The van der Waals surface area contributed by atoms with E-state index >= 15 is 0 Å². The Labute approximate surface area is 140 Å². The van der Waals surface area contributed by atoms with Gasteiger partial charge in [-0.25, -0.2) is 12.7 Å². The van der Waals surface area contributed by atoms with Gasteiger partial charge in [-0.2, -0.15) is 0 Å². The van der Waals surface area contributed by atoms with Gasteiger partial charge < -0.3 is 10.6 Å². The normalized spacial score (nSPS) is 21.8. The first-order valence-corrected chi connectivity index (χ1v) is 10.4. The lowest BCUT2D eigenvalue weighted by atomic mass is 10.0. The van der Waals surface area contributed by atoms with Gasteiger partial charge in [-0.3, -0.25) is 4.79 Å². The van der Waals surface area contributed by atoms with Crippen LogP contribution in [-0.4, -0.2) is 61.5 Å². The number of hydrogen-bond donors (Lipinski definition) is 1. The molecule has 23 heavy (non-hydrogen) atoms. The van der Waals surface area contributed by atoms with Gasteiger partial charge in [0.25, 0.3) is 0 Å². The summed E-state index contributed by atoms with van der Waals surface area (Å²) in [5, 5.41) is -0.221. The molecule has 1 atom stereocenters. The summed E-state index contributed by atoms with van der Waals surface area (Å²) in [4.78, 5) is 14.0. The van der Waals surface area contributed by atoms with E-state index in [1.807, 2.05) is 4.90 Å². The number of sulfonamides is 1. The quantitative estimate of drug-likeness (QED) is 0.754. The molecule has 1 heterocycles. The highest BCUT2D eigenvalue weighted by atomic mass is 32.2. The van der Waals surface area contributed by atoms with Crippen molar-refractivity contribution >= 4 is 15.9 Å². The van der Waals surface area contributed by atoms with Gasteiger partial charge in [0, 0.05) is 26.7 Å². The highest BCUT2D eigenvalue weighted by Crippen LogP contribution is 2.25. The van der Waals surface area contributed by atoms with E-state index in [0.29, 0.717) is 19.4 Å². The monoisotopic (exact) mass is 345 g/mol. The van der Waals surface area contributed by atoms with Crippen LogP contribution in [0, 0.1) is 0 Å². The van der Waals surface area contributed by atoms with Crippen LogP contribution in [0.15, 0.2) is 0 Å². The van der Waals surface area contributed by atoms with E-state index in [2.05, 4.69) is 0 Å². The SMILES string of the molecule is CN(CCCC(N)C(=O)N1CCCC1)S(=O)(=O)C1CCCCC1. The molecule has 1 saturated heterocycles. The van der Waals surface area contributed by atoms with Crippen LogP contribution < -0.4 is 5.73 Å². The molecule has 0 aromatic carbocycles. The van der Waals surface area contributed by atoms with Crippen LogP contribution in [0.3, 0.4) is 0 Å². The molecule has 2 rings (SSSR count). The number of nitrogens with two attached hydrogens (primary N) is 1. The van der Waals surface area contributed by atoms with Gasteiger partial charge in [-0.15, -0.1) is 0 Å². The van der Waals surface area contributed by atoms with Crippen molar-refractivity contribution in [3.8, 4) is 0 Å². The first-order chi connectivity index (χ1) is 10.9. The van der Waals surface area contributed by atoms with E-state index in [1.54, 1.807) is 7.05 Å². The van der Waals surface area contributed by atoms with Crippen molar-refractivity contribution in [2.45, 2.75) is 69.1 Å². The lowest BCUT2D eigenvalue weighted by Gasteiger charge is -2.27. The van der Waals surface area contributed by atoms with Gasteiger partial charge in [0.05, 0.1) is 11.3 Å². The largest absolute Gasteiger partial charge is 0.341 e. The highest BCUT2D eigenvalue weighted by Gasteiger charge is 2.31. The van der Waals surface area contributed by atoms with Gasteiger partial charge in [-0.1, -0.05) is 19.3 Å². The molecule has 0 aromatic rings. The van der Waals surface area contributed by atoms with E-state index in [9.17, 15) is 13.2 Å². The Bertz CT molecular complexity index is 483. The van der Waals surface area contributed by atoms with Crippen LogP contribution >= 0.6 is 0 Å². The lowest BCUT2D eigenvalue weighted by molar-refractivity contribution is -0.131. The molecule has 0 spiro atoms. The zero-order valence-corrected chi connectivity index (χ0v) is 15.1. The third-order valence-electron chi connectivity index (χ3n) is 5.13. The number of carbonyl (C=O) groups excluding carboxylic acids is 1. The molecule has 2 N–H and O–H groups in total. The molecule has 1 saturated carbocycles. The van der Waals surface area contributed by atoms with Crippen LogP contribution in [0.4, 0.5) is 0 Å². The molecule has 134 valence electrons. The van der Waals surface area contributed by atoms with Crippen LogP contribution in [0.1, 0.15) is 57.8 Å². The molecule has 7 heteroatoms. The van der Waals surface area contributed by atoms with Crippen LogP contribution in [0.2, 0.25) is 0 Å². The van der Waals surface area contributed by atoms with E-state index < -0.39 is 16.1 Å². The molecule has 1 aliphatic carbocycles. The average molecular weight is 346 g/mol. The third-order valence-corrected chi connectivity index (χ3v) is 7.50. The van der Waals surface area contributed by atoms with Gasteiger partial charge in [0.2, 0.25) is 15.9 Å². The maximum absolute atomic E-state index is 12.5. The summed E-state index contributed by atoms with van der Waals surface area (Å²) in [5.74, 6) is 0.0142. The fraction of sp³-hybridized carbons (Fsp3) is 0.938. The number of nitrogens with zero attached hydrogens (tertiary/aromatic N) is 2. The first-order valence-electron chi connectivity index (χ1n) is 8.92. The molecule has 0 radical (unpaired) electrons. The smallest absolute Gasteiger partial charge is 0.239 e. The number of likely N-dealkylation sites (tertiary alicyclic amines) is 1. The second-order valence-corrected chi connectivity index (χ2v) is 9.23. The molecule has 2 aliphatic rings. The van der Waals surface area contributed by atoms with Crippen molar-refractivity contribution in [1.29, 1.82) is 0 Å². The maximum Gasteiger partial charge on any atom is 0.239 e.